The summed E-state index contributed by atoms with van der Waals surface area (Å²) in [7, 11) is 0. The molecule has 0 aromatic heterocycles. The van der Waals surface area contributed by atoms with Crippen LogP contribution in [-0.2, 0) is 4.79 Å². The first-order valence-electron chi connectivity index (χ1n) is 6.52. The second-order valence-electron chi connectivity index (χ2n) is 5.37. The first kappa shape index (κ1) is 11.8. The van der Waals surface area contributed by atoms with Crippen molar-refractivity contribution in [3.05, 3.63) is 23.2 Å². The predicted octanol–water partition coefficient (Wildman–Crippen LogP) is 3.30. The molecular formula is C14H17ClN2O. The maximum atomic E-state index is 12.2. The summed E-state index contributed by atoms with van der Waals surface area (Å²) < 4.78 is 0. The molecule has 0 aliphatic heterocycles. The van der Waals surface area contributed by atoms with Crippen LogP contribution >= 0.6 is 11.6 Å². The van der Waals surface area contributed by atoms with Crippen molar-refractivity contribution in [2.24, 2.45) is 17.8 Å². The standard InChI is InChI=1S/C14H17ClN2O/c15-11-6-5-8(16)7-12(11)17-14(18)13-9-3-1-2-4-10(9)13/h5-7,9-10,13H,1-4,16H2,(H,17,18). The van der Waals surface area contributed by atoms with Gasteiger partial charge in [-0.25, -0.2) is 0 Å². The zero-order chi connectivity index (χ0) is 12.7. The minimum Gasteiger partial charge on any atom is -0.399 e. The number of hydrogen-bond acceptors (Lipinski definition) is 2. The number of nitrogen functional groups attached to an aromatic ring is 1. The number of nitrogens with one attached hydrogen (secondary N) is 1. The van der Waals surface area contributed by atoms with Gasteiger partial charge in [0.2, 0.25) is 5.91 Å². The average molecular weight is 265 g/mol. The quantitative estimate of drug-likeness (QED) is 0.806. The molecule has 0 bridgehead atoms. The summed E-state index contributed by atoms with van der Waals surface area (Å²) >= 11 is 6.05. The smallest absolute Gasteiger partial charge is 0.228 e. The number of carbonyl (C=O) groups is 1. The highest BCUT2D eigenvalue weighted by Crippen LogP contribution is 2.55. The van der Waals surface area contributed by atoms with Crippen LogP contribution in [0.1, 0.15) is 25.7 Å². The summed E-state index contributed by atoms with van der Waals surface area (Å²) in [6.45, 7) is 0. The molecule has 0 saturated heterocycles. The Labute approximate surface area is 112 Å². The van der Waals surface area contributed by atoms with Crippen molar-refractivity contribution in [3.8, 4) is 0 Å². The molecule has 3 rings (SSSR count). The Hall–Kier alpha value is -1.22. The number of hydrogen-bond donors (Lipinski definition) is 2. The van der Waals surface area contributed by atoms with Crippen LogP contribution in [0.4, 0.5) is 11.4 Å². The topological polar surface area (TPSA) is 55.1 Å². The van der Waals surface area contributed by atoms with Crippen molar-refractivity contribution in [2.45, 2.75) is 25.7 Å². The van der Waals surface area contributed by atoms with Crippen LogP contribution in [0.2, 0.25) is 5.02 Å². The van der Waals surface area contributed by atoms with Crippen LogP contribution in [0.3, 0.4) is 0 Å². The monoisotopic (exact) mass is 264 g/mol. The molecule has 1 aromatic carbocycles. The molecule has 0 heterocycles. The van der Waals surface area contributed by atoms with Crippen LogP contribution in [0.15, 0.2) is 18.2 Å². The van der Waals surface area contributed by atoms with Gasteiger partial charge in [0.05, 0.1) is 10.7 Å². The van der Waals surface area contributed by atoms with Gasteiger partial charge in [-0.3, -0.25) is 4.79 Å². The van der Waals surface area contributed by atoms with Gasteiger partial charge in [-0.2, -0.15) is 0 Å². The third kappa shape index (κ3) is 2.07. The number of fused-ring (bicyclic) bond motifs is 1. The summed E-state index contributed by atoms with van der Waals surface area (Å²) in [6.07, 6.45) is 4.94. The molecule has 2 fully saturated rings. The fraction of sp³-hybridized carbons (Fsp3) is 0.500. The molecule has 0 radical (unpaired) electrons. The molecule has 1 amide bonds. The maximum absolute atomic E-state index is 12.2. The summed E-state index contributed by atoms with van der Waals surface area (Å²) in [6, 6.07) is 5.16. The fourth-order valence-corrected chi connectivity index (χ4v) is 3.40. The van der Waals surface area contributed by atoms with E-state index in [4.69, 9.17) is 17.3 Å². The van der Waals surface area contributed by atoms with Crippen molar-refractivity contribution in [3.63, 3.8) is 0 Å². The lowest BCUT2D eigenvalue weighted by molar-refractivity contribution is -0.117. The predicted molar refractivity (Wildman–Crippen MR) is 73.4 cm³/mol. The molecule has 96 valence electrons. The van der Waals surface area contributed by atoms with E-state index in [2.05, 4.69) is 5.32 Å². The molecule has 4 heteroatoms. The molecule has 2 saturated carbocycles. The van der Waals surface area contributed by atoms with E-state index < -0.39 is 0 Å². The lowest BCUT2D eigenvalue weighted by atomic mass is 10.0. The summed E-state index contributed by atoms with van der Waals surface area (Å²) in [5, 5.41) is 3.46. The van der Waals surface area contributed by atoms with E-state index >= 15 is 0 Å². The Bertz CT molecular complexity index is 477. The van der Waals surface area contributed by atoms with E-state index in [1.807, 2.05) is 0 Å². The highest BCUT2D eigenvalue weighted by molar-refractivity contribution is 6.33. The minimum absolute atomic E-state index is 0.111. The number of halogens is 1. The Morgan fingerprint density at radius 2 is 1.94 bits per heavy atom. The van der Waals surface area contributed by atoms with Crippen LogP contribution in [0.25, 0.3) is 0 Å². The van der Waals surface area contributed by atoms with E-state index in [1.54, 1.807) is 18.2 Å². The van der Waals surface area contributed by atoms with Crippen LogP contribution in [0.5, 0.6) is 0 Å². The van der Waals surface area contributed by atoms with Gasteiger partial charge in [0.25, 0.3) is 0 Å². The van der Waals surface area contributed by atoms with Crippen LogP contribution in [0, 0.1) is 17.8 Å². The maximum Gasteiger partial charge on any atom is 0.228 e. The van der Waals surface area contributed by atoms with Crippen molar-refractivity contribution in [1.29, 1.82) is 0 Å². The van der Waals surface area contributed by atoms with Crippen molar-refractivity contribution in [2.75, 3.05) is 11.1 Å². The molecule has 3 N–H and O–H groups in total. The zero-order valence-corrected chi connectivity index (χ0v) is 10.9. The van der Waals surface area contributed by atoms with E-state index in [-0.39, 0.29) is 11.8 Å². The highest BCUT2D eigenvalue weighted by Gasteiger charge is 2.54. The lowest BCUT2D eigenvalue weighted by Gasteiger charge is -2.07. The van der Waals surface area contributed by atoms with Gasteiger partial charge in [0, 0.05) is 11.6 Å². The van der Waals surface area contributed by atoms with E-state index in [9.17, 15) is 4.79 Å². The molecule has 2 unspecified atom stereocenters. The number of rotatable bonds is 2. The van der Waals surface area contributed by atoms with Crippen molar-refractivity contribution < 1.29 is 4.79 Å². The molecule has 3 nitrogen and oxygen atoms in total. The Morgan fingerprint density at radius 3 is 2.61 bits per heavy atom. The van der Waals surface area contributed by atoms with Crippen molar-refractivity contribution in [1.82, 2.24) is 0 Å². The van der Waals surface area contributed by atoms with E-state index in [0.717, 1.165) is 0 Å². The van der Waals surface area contributed by atoms with Gasteiger partial charge in [-0.1, -0.05) is 24.4 Å². The number of amides is 1. The molecule has 2 aliphatic rings. The third-order valence-corrected chi connectivity index (χ3v) is 4.54. The van der Waals surface area contributed by atoms with Crippen LogP contribution < -0.4 is 11.1 Å². The Morgan fingerprint density at radius 1 is 1.28 bits per heavy atom. The van der Waals surface area contributed by atoms with Gasteiger partial charge in [0.1, 0.15) is 0 Å². The number of carbonyl (C=O) groups excluding carboxylic acids is 1. The molecule has 1 aromatic rings. The van der Waals surface area contributed by atoms with E-state index in [0.29, 0.717) is 28.2 Å². The number of benzene rings is 1. The largest absolute Gasteiger partial charge is 0.399 e. The molecular weight excluding hydrogens is 248 g/mol. The minimum atomic E-state index is 0.111. The fourth-order valence-electron chi connectivity index (χ4n) is 3.24. The molecule has 0 spiro atoms. The number of anilines is 2. The van der Waals surface area contributed by atoms with Crippen molar-refractivity contribution >= 4 is 28.9 Å². The Kier molecular flexibility index (Phi) is 2.94. The normalized spacial score (nSPS) is 29.5. The van der Waals surface area contributed by atoms with Gasteiger partial charge in [-0.15, -0.1) is 0 Å². The summed E-state index contributed by atoms with van der Waals surface area (Å²) in [4.78, 5) is 12.2. The molecule has 2 aliphatic carbocycles. The van der Waals surface area contributed by atoms with Crippen LogP contribution in [-0.4, -0.2) is 5.91 Å². The molecule has 2 atom stereocenters. The highest BCUT2D eigenvalue weighted by atomic mass is 35.5. The first-order valence-corrected chi connectivity index (χ1v) is 6.90. The van der Waals surface area contributed by atoms with Gasteiger partial charge in [0.15, 0.2) is 0 Å². The third-order valence-electron chi connectivity index (χ3n) is 4.21. The van der Waals surface area contributed by atoms with E-state index in [1.165, 1.54) is 25.7 Å². The summed E-state index contributed by atoms with van der Waals surface area (Å²) in [5.74, 6) is 1.53. The second kappa shape index (κ2) is 4.47. The first-order chi connectivity index (χ1) is 8.66. The van der Waals surface area contributed by atoms with Gasteiger partial charge < -0.3 is 11.1 Å². The SMILES string of the molecule is Nc1ccc(Cl)c(NC(=O)C2C3CCCCC32)c1. The Balaban J connectivity index is 1.69. The lowest BCUT2D eigenvalue weighted by Crippen LogP contribution is -2.15. The molecule has 18 heavy (non-hydrogen) atoms. The second-order valence-corrected chi connectivity index (χ2v) is 5.77. The zero-order valence-electron chi connectivity index (χ0n) is 10.2. The average Bonchev–Trinajstić information content (AvgIpc) is 3.08. The summed E-state index contributed by atoms with van der Waals surface area (Å²) in [5.41, 5.74) is 6.95. The number of nitrogens with two attached hydrogens (primary N) is 1. The van der Waals surface area contributed by atoms with Gasteiger partial charge in [-0.05, 0) is 42.9 Å². The van der Waals surface area contributed by atoms with Gasteiger partial charge >= 0.3 is 0 Å².